The van der Waals surface area contributed by atoms with Gasteiger partial charge in [0.1, 0.15) is 12.8 Å². The molecule has 33 heavy (non-hydrogen) atoms. The van der Waals surface area contributed by atoms with E-state index in [1.54, 1.807) is 0 Å². The van der Waals surface area contributed by atoms with Crippen molar-refractivity contribution in [3.63, 3.8) is 0 Å². The van der Waals surface area contributed by atoms with Gasteiger partial charge in [-0.15, -0.1) is 0 Å². The second-order valence-electron chi connectivity index (χ2n) is 7.92. The van der Waals surface area contributed by atoms with Crippen LogP contribution in [-0.2, 0) is 28.7 Å². The minimum Gasteiger partial charge on any atom is -0.369 e. The quantitative estimate of drug-likeness (QED) is 0.165. The Kier molecular flexibility index (Phi) is 10.5. The molecule has 0 radical (unpaired) electrons. The first-order valence-corrected chi connectivity index (χ1v) is 10.8. The van der Waals surface area contributed by atoms with Crippen molar-refractivity contribution in [2.24, 2.45) is 17.4 Å². The minimum atomic E-state index is -0.908. The van der Waals surface area contributed by atoms with Gasteiger partial charge in [-0.3, -0.25) is 24.0 Å². The van der Waals surface area contributed by atoms with E-state index in [1.807, 2.05) is 18.2 Å². The van der Waals surface area contributed by atoms with Crippen molar-refractivity contribution < 1.29 is 28.7 Å². The first-order valence-electron chi connectivity index (χ1n) is 10.8. The molecule has 2 aliphatic rings. The summed E-state index contributed by atoms with van der Waals surface area (Å²) < 4.78 is 5.43. The summed E-state index contributed by atoms with van der Waals surface area (Å²) in [5.41, 5.74) is 11.4. The Balaban J connectivity index is 1.77. The molecule has 2 rings (SSSR count). The molecular weight excluding hydrogens is 432 g/mol. The van der Waals surface area contributed by atoms with Crippen molar-refractivity contribution >= 4 is 29.5 Å². The van der Waals surface area contributed by atoms with E-state index in [0.717, 1.165) is 18.4 Å². The van der Waals surface area contributed by atoms with E-state index in [-0.39, 0.29) is 50.7 Å². The molecule has 0 unspecified atom stereocenters. The number of nitrogens with two attached hydrogens (primary N) is 2. The maximum Gasteiger partial charge on any atom is 0.243 e. The second-order valence-corrected chi connectivity index (χ2v) is 7.92. The van der Waals surface area contributed by atoms with Crippen LogP contribution in [0.25, 0.3) is 0 Å². The lowest BCUT2D eigenvalue weighted by Gasteiger charge is -2.32. The maximum atomic E-state index is 12.7. The van der Waals surface area contributed by atoms with Gasteiger partial charge in [0.2, 0.25) is 29.5 Å². The summed E-state index contributed by atoms with van der Waals surface area (Å²) in [6.45, 7) is -0.910. The monoisotopic (exact) mass is 464 g/mol. The number of carbonyl (C=O) groups is 5. The van der Waals surface area contributed by atoms with Gasteiger partial charge >= 0.3 is 0 Å². The first-order chi connectivity index (χ1) is 15.8. The number of rotatable bonds is 13. The van der Waals surface area contributed by atoms with Crippen LogP contribution in [0.4, 0.5) is 0 Å². The van der Waals surface area contributed by atoms with Gasteiger partial charge in [-0.05, 0) is 32.1 Å². The largest absolute Gasteiger partial charge is 0.369 e. The van der Waals surface area contributed by atoms with Crippen LogP contribution in [0.1, 0.15) is 32.1 Å². The molecular formula is C21H32N6O6. The fourth-order valence-electron chi connectivity index (χ4n) is 3.32. The highest BCUT2D eigenvalue weighted by Crippen LogP contribution is 2.29. The highest BCUT2D eigenvalue weighted by Gasteiger charge is 2.33. The Hall–Kier alpha value is -3.25. The number of hydrogen-bond acceptors (Lipinski definition) is 7. The van der Waals surface area contributed by atoms with E-state index in [2.05, 4.69) is 21.3 Å². The van der Waals surface area contributed by atoms with Gasteiger partial charge < -0.3 is 37.5 Å². The molecule has 0 aliphatic heterocycles. The molecule has 0 spiro atoms. The van der Waals surface area contributed by atoms with Crippen LogP contribution < -0.4 is 32.7 Å². The van der Waals surface area contributed by atoms with Crippen LogP contribution in [-0.4, -0.2) is 68.0 Å². The van der Waals surface area contributed by atoms with Crippen LogP contribution in [0.3, 0.4) is 0 Å². The third-order valence-electron chi connectivity index (χ3n) is 5.36. The standard InChI is InChI=1S/C21H32N6O6/c22-9-17(28)24-11-19(30)27-16(6-13-4-2-1-3-5-13)21(32)25-10-18(29)26-12-33-15-7-14(8-15)20(23)31/h1-2,4,14-16H,3,5-12,22H2,(H2,23,31)(H,24,28)(H,25,32)(H,26,29)(H,27,30)/t14?,15?,16-/m0/s1. The predicted octanol–water partition coefficient (Wildman–Crippen LogP) is -2.32. The van der Waals surface area contributed by atoms with Crippen LogP contribution in [0.5, 0.6) is 0 Å². The van der Waals surface area contributed by atoms with Gasteiger partial charge in [-0.25, -0.2) is 0 Å². The van der Waals surface area contributed by atoms with Crippen molar-refractivity contribution in [2.45, 2.75) is 44.2 Å². The zero-order valence-electron chi connectivity index (χ0n) is 18.4. The van der Waals surface area contributed by atoms with Crippen molar-refractivity contribution in [1.82, 2.24) is 21.3 Å². The molecule has 8 N–H and O–H groups in total. The third kappa shape index (κ3) is 9.41. The Morgan fingerprint density at radius 1 is 1.03 bits per heavy atom. The summed E-state index contributed by atoms with van der Waals surface area (Å²) >= 11 is 0. The van der Waals surface area contributed by atoms with Crippen molar-refractivity contribution in [1.29, 1.82) is 0 Å². The van der Waals surface area contributed by atoms with Gasteiger partial charge in [0.15, 0.2) is 0 Å². The number of hydrogen-bond donors (Lipinski definition) is 6. The SMILES string of the molecule is NCC(=O)NCC(=O)N[C@@H](CC1=CC=CCC1)C(=O)NCC(=O)NCOC1CC(C(N)=O)C1. The second kappa shape index (κ2) is 13.3. The van der Waals surface area contributed by atoms with Gasteiger partial charge in [0.05, 0.1) is 25.7 Å². The molecule has 0 aromatic heterocycles. The lowest BCUT2D eigenvalue weighted by Crippen LogP contribution is -2.51. The molecule has 0 aromatic carbocycles. The molecule has 0 aromatic rings. The van der Waals surface area contributed by atoms with E-state index >= 15 is 0 Å². The molecule has 5 amide bonds. The fraction of sp³-hybridized carbons (Fsp3) is 0.571. The van der Waals surface area contributed by atoms with Gasteiger partial charge in [-0.2, -0.15) is 0 Å². The summed E-state index contributed by atoms with van der Waals surface area (Å²) in [4.78, 5) is 59.0. The van der Waals surface area contributed by atoms with E-state index < -0.39 is 29.7 Å². The number of carbonyl (C=O) groups excluding carboxylic acids is 5. The molecule has 12 nitrogen and oxygen atoms in total. The Morgan fingerprint density at radius 2 is 1.76 bits per heavy atom. The zero-order chi connectivity index (χ0) is 24.2. The smallest absolute Gasteiger partial charge is 0.243 e. The fourth-order valence-corrected chi connectivity index (χ4v) is 3.32. The molecule has 1 atom stereocenters. The average Bonchev–Trinajstić information content (AvgIpc) is 2.77. The summed E-state index contributed by atoms with van der Waals surface area (Å²) in [6, 6.07) is -0.908. The highest BCUT2D eigenvalue weighted by atomic mass is 16.5. The van der Waals surface area contributed by atoms with Crippen LogP contribution >= 0.6 is 0 Å². The molecule has 2 aliphatic carbocycles. The van der Waals surface area contributed by atoms with Crippen LogP contribution in [0, 0.1) is 5.92 Å². The highest BCUT2D eigenvalue weighted by molar-refractivity contribution is 5.92. The summed E-state index contributed by atoms with van der Waals surface area (Å²) in [6.07, 6.45) is 8.58. The molecule has 0 heterocycles. The van der Waals surface area contributed by atoms with E-state index in [1.165, 1.54) is 0 Å². The topological polar surface area (TPSA) is 195 Å². The molecule has 0 bridgehead atoms. The average molecular weight is 465 g/mol. The van der Waals surface area contributed by atoms with Gasteiger partial charge in [-0.1, -0.05) is 23.8 Å². The number of allylic oxidation sites excluding steroid dienone is 3. The van der Waals surface area contributed by atoms with E-state index in [4.69, 9.17) is 16.2 Å². The third-order valence-corrected chi connectivity index (χ3v) is 5.36. The minimum absolute atomic E-state index is 0.0505. The Morgan fingerprint density at radius 3 is 2.39 bits per heavy atom. The van der Waals surface area contributed by atoms with Crippen molar-refractivity contribution in [2.75, 3.05) is 26.4 Å². The predicted molar refractivity (Wildman–Crippen MR) is 118 cm³/mol. The maximum absolute atomic E-state index is 12.7. The Bertz CT molecular complexity index is 805. The molecule has 12 heteroatoms. The van der Waals surface area contributed by atoms with E-state index in [0.29, 0.717) is 12.8 Å². The number of ether oxygens (including phenoxy) is 1. The number of amides is 5. The summed E-state index contributed by atoms with van der Waals surface area (Å²) in [7, 11) is 0. The lowest BCUT2D eigenvalue weighted by atomic mass is 9.82. The molecule has 1 fully saturated rings. The normalized spacial score (nSPS) is 20.0. The number of primary amides is 1. The van der Waals surface area contributed by atoms with Crippen LogP contribution in [0.15, 0.2) is 23.8 Å². The van der Waals surface area contributed by atoms with Gasteiger partial charge in [0, 0.05) is 5.92 Å². The first kappa shape index (κ1) is 26.0. The van der Waals surface area contributed by atoms with Crippen LogP contribution in [0.2, 0.25) is 0 Å². The van der Waals surface area contributed by atoms with Crippen molar-refractivity contribution in [3.05, 3.63) is 23.8 Å². The summed E-state index contributed by atoms with van der Waals surface area (Å²) in [5, 5.41) is 9.96. The van der Waals surface area contributed by atoms with Gasteiger partial charge in [0.25, 0.3) is 0 Å². The van der Waals surface area contributed by atoms with Crippen molar-refractivity contribution in [3.8, 4) is 0 Å². The zero-order valence-corrected chi connectivity index (χ0v) is 18.4. The Labute approximate surface area is 191 Å². The molecule has 0 saturated heterocycles. The number of nitrogens with one attached hydrogen (secondary N) is 4. The summed E-state index contributed by atoms with van der Waals surface area (Å²) in [5.74, 6) is -2.56. The lowest BCUT2D eigenvalue weighted by molar-refractivity contribution is -0.134. The van der Waals surface area contributed by atoms with E-state index in [9.17, 15) is 24.0 Å². The molecule has 182 valence electrons. The molecule has 1 saturated carbocycles.